The zero-order valence-electron chi connectivity index (χ0n) is 7.29. The Morgan fingerprint density at radius 2 is 2.17 bits per heavy atom. The summed E-state index contributed by atoms with van der Waals surface area (Å²) in [6, 6.07) is -0.479. The van der Waals surface area contributed by atoms with E-state index in [1.54, 1.807) is 6.92 Å². The number of thioether (sulfide) groups is 1. The largest absolute Gasteiger partial charge is 0.354 e. The Balaban J connectivity index is 3.32. The van der Waals surface area contributed by atoms with Gasteiger partial charge in [0.1, 0.15) is 0 Å². The summed E-state index contributed by atoms with van der Waals surface area (Å²) in [5.41, 5.74) is 5.29. The molecular formula is C7H14N2O2S. The molecule has 0 radical (unpaired) electrons. The van der Waals surface area contributed by atoms with Crippen LogP contribution in [0.2, 0.25) is 0 Å². The van der Waals surface area contributed by atoms with E-state index >= 15 is 0 Å². The van der Waals surface area contributed by atoms with E-state index in [1.807, 2.05) is 0 Å². The zero-order chi connectivity index (χ0) is 9.56. The molecule has 0 unspecified atom stereocenters. The third-order valence-electron chi connectivity index (χ3n) is 1.12. The number of hydrogen-bond acceptors (Lipinski definition) is 4. The van der Waals surface area contributed by atoms with Crippen LogP contribution in [-0.2, 0) is 9.59 Å². The van der Waals surface area contributed by atoms with E-state index in [0.717, 1.165) is 0 Å². The molecule has 12 heavy (non-hydrogen) atoms. The Kier molecular flexibility index (Phi) is 5.74. The van der Waals surface area contributed by atoms with E-state index in [1.165, 1.54) is 18.7 Å². The average molecular weight is 190 g/mol. The van der Waals surface area contributed by atoms with E-state index in [4.69, 9.17) is 5.73 Å². The van der Waals surface area contributed by atoms with E-state index in [0.29, 0.717) is 12.3 Å². The molecule has 3 N–H and O–H groups in total. The van der Waals surface area contributed by atoms with Gasteiger partial charge in [-0.2, -0.15) is 0 Å². The summed E-state index contributed by atoms with van der Waals surface area (Å²) in [5, 5.41) is 2.66. The third-order valence-corrected chi connectivity index (χ3v) is 1.93. The molecule has 70 valence electrons. The molecule has 0 aliphatic heterocycles. The molecule has 0 aliphatic rings. The highest BCUT2D eigenvalue weighted by Gasteiger charge is 2.05. The van der Waals surface area contributed by atoms with Gasteiger partial charge in [0.2, 0.25) is 5.91 Å². The first kappa shape index (κ1) is 11.4. The van der Waals surface area contributed by atoms with Crippen molar-refractivity contribution in [2.24, 2.45) is 5.73 Å². The van der Waals surface area contributed by atoms with Gasteiger partial charge in [-0.05, 0) is 6.92 Å². The van der Waals surface area contributed by atoms with Gasteiger partial charge in [0.25, 0.3) is 0 Å². The molecule has 0 bridgehead atoms. The van der Waals surface area contributed by atoms with Gasteiger partial charge in [0.15, 0.2) is 5.12 Å². The maximum absolute atomic E-state index is 10.9. The average Bonchev–Trinajstić information content (AvgIpc) is 1.97. The molecule has 4 nitrogen and oxygen atoms in total. The monoisotopic (exact) mass is 190 g/mol. The SMILES string of the molecule is CC(=O)SCCNC(=O)[C@H](C)N. The fraction of sp³-hybridized carbons (Fsp3) is 0.714. The van der Waals surface area contributed by atoms with Crippen molar-refractivity contribution in [3.05, 3.63) is 0 Å². The lowest BCUT2D eigenvalue weighted by molar-refractivity contribution is -0.121. The van der Waals surface area contributed by atoms with Gasteiger partial charge in [-0.25, -0.2) is 0 Å². The van der Waals surface area contributed by atoms with Crippen LogP contribution in [-0.4, -0.2) is 29.4 Å². The smallest absolute Gasteiger partial charge is 0.236 e. The van der Waals surface area contributed by atoms with E-state index in [-0.39, 0.29) is 11.0 Å². The Bertz CT molecular complexity index is 171. The van der Waals surface area contributed by atoms with Gasteiger partial charge in [0.05, 0.1) is 6.04 Å². The van der Waals surface area contributed by atoms with Crippen molar-refractivity contribution in [2.75, 3.05) is 12.3 Å². The molecule has 1 amide bonds. The second kappa shape index (κ2) is 6.02. The van der Waals surface area contributed by atoms with Gasteiger partial charge in [0, 0.05) is 19.2 Å². The number of nitrogens with two attached hydrogens (primary N) is 1. The van der Waals surface area contributed by atoms with Crippen LogP contribution in [0, 0.1) is 0 Å². The fourth-order valence-electron chi connectivity index (χ4n) is 0.530. The second-order valence-electron chi connectivity index (χ2n) is 2.42. The molecule has 0 heterocycles. The topological polar surface area (TPSA) is 72.2 Å². The zero-order valence-corrected chi connectivity index (χ0v) is 8.11. The third kappa shape index (κ3) is 6.18. The van der Waals surface area contributed by atoms with Gasteiger partial charge in [-0.1, -0.05) is 11.8 Å². The summed E-state index contributed by atoms with van der Waals surface area (Å²) >= 11 is 1.19. The minimum atomic E-state index is -0.479. The molecule has 0 aliphatic carbocycles. The standard InChI is InChI=1S/C7H14N2O2S/c1-5(8)7(11)9-3-4-12-6(2)10/h5H,3-4,8H2,1-2H3,(H,9,11)/t5-/m0/s1. The van der Waals surface area contributed by atoms with E-state index in [2.05, 4.69) is 5.32 Å². The van der Waals surface area contributed by atoms with Crippen LogP contribution in [0.3, 0.4) is 0 Å². The van der Waals surface area contributed by atoms with E-state index < -0.39 is 6.04 Å². The van der Waals surface area contributed by atoms with Crippen LogP contribution in [0.4, 0.5) is 0 Å². The number of nitrogens with one attached hydrogen (secondary N) is 1. The molecule has 0 saturated heterocycles. The Labute approximate surface area is 76.3 Å². The van der Waals surface area contributed by atoms with Gasteiger partial charge >= 0.3 is 0 Å². The summed E-state index contributed by atoms with van der Waals surface area (Å²) in [7, 11) is 0. The van der Waals surface area contributed by atoms with Gasteiger partial charge in [-0.15, -0.1) is 0 Å². The van der Waals surface area contributed by atoms with Gasteiger partial charge < -0.3 is 11.1 Å². The molecule has 0 fully saturated rings. The van der Waals surface area contributed by atoms with Crippen LogP contribution in [0.5, 0.6) is 0 Å². The van der Waals surface area contributed by atoms with Crippen molar-refractivity contribution in [1.82, 2.24) is 5.32 Å². The predicted octanol–water partition coefficient (Wildman–Crippen LogP) is -0.270. The molecule has 0 aromatic heterocycles. The van der Waals surface area contributed by atoms with E-state index in [9.17, 15) is 9.59 Å². The fourth-order valence-corrected chi connectivity index (χ4v) is 1.02. The summed E-state index contributed by atoms with van der Waals surface area (Å²) in [4.78, 5) is 21.3. The van der Waals surface area contributed by atoms with Crippen molar-refractivity contribution in [3.8, 4) is 0 Å². The first-order valence-electron chi connectivity index (χ1n) is 3.70. The van der Waals surface area contributed by atoms with Crippen molar-refractivity contribution in [2.45, 2.75) is 19.9 Å². The van der Waals surface area contributed by atoms with Gasteiger partial charge in [-0.3, -0.25) is 9.59 Å². The number of carbonyl (C=O) groups is 2. The highest BCUT2D eigenvalue weighted by atomic mass is 32.2. The number of hydrogen-bond donors (Lipinski definition) is 2. The number of rotatable bonds is 4. The summed E-state index contributed by atoms with van der Waals surface area (Å²) in [5.74, 6) is 0.424. The minimum absolute atomic E-state index is 0.0602. The Hall–Kier alpha value is -0.550. The summed E-state index contributed by atoms with van der Waals surface area (Å²) in [6.45, 7) is 3.61. The molecule has 0 rings (SSSR count). The molecule has 0 aromatic carbocycles. The van der Waals surface area contributed by atoms with Crippen molar-refractivity contribution in [1.29, 1.82) is 0 Å². The molecule has 5 heteroatoms. The van der Waals surface area contributed by atoms with Crippen LogP contribution in [0.1, 0.15) is 13.8 Å². The predicted molar refractivity (Wildman–Crippen MR) is 49.8 cm³/mol. The quantitative estimate of drug-likeness (QED) is 0.599. The van der Waals surface area contributed by atoms with Crippen molar-refractivity contribution in [3.63, 3.8) is 0 Å². The number of amides is 1. The van der Waals surface area contributed by atoms with Crippen LogP contribution < -0.4 is 11.1 Å². The lowest BCUT2D eigenvalue weighted by Crippen LogP contribution is -2.39. The van der Waals surface area contributed by atoms with Crippen LogP contribution in [0.15, 0.2) is 0 Å². The molecule has 1 atom stereocenters. The summed E-state index contributed by atoms with van der Waals surface area (Å²) in [6.07, 6.45) is 0. The maximum atomic E-state index is 10.9. The maximum Gasteiger partial charge on any atom is 0.236 e. The van der Waals surface area contributed by atoms with Crippen LogP contribution in [0.25, 0.3) is 0 Å². The normalized spacial score (nSPS) is 12.2. The Morgan fingerprint density at radius 1 is 1.58 bits per heavy atom. The molecule has 0 spiro atoms. The molecule has 0 aromatic rings. The minimum Gasteiger partial charge on any atom is -0.354 e. The Morgan fingerprint density at radius 3 is 2.58 bits per heavy atom. The summed E-state index contributed by atoms with van der Waals surface area (Å²) < 4.78 is 0. The second-order valence-corrected chi connectivity index (χ2v) is 3.69. The highest BCUT2D eigenvalue weighted by Crippen LogP contribution is 1.97. The lowest BCUT2D eigenvalue weighted by atomic mass is 10.3. The molecular weight excluding hydrogens is 176 g/mol. The molecule has 0 saturated carbocycles. The first-order chi connectivity index (χ1) is 5.54. The highest BCUT2D eigenvalue weighted by molar-refractivity contribution is 8.13. The number of carbonyl (C=O) groups excluding carboxylic acids is 2. The van der Waals surface area contributed by atoms with Crippen LogP contribution >= 0.6 is 11.8 Å². The lowest BCUT2D eigenvalue weighted by Gasteiger charge is -2.05. The van der Waals surface area contributed by atoms with Crippen molar-refractivity contribution < 1.29 is 9.59 Å². The first-order valence-corrected chi connectivity index (χ1v) is 4.69. The van der Waals surface area contributed by atoms with Crippen molar-refractivity contribution >= 4 is 22.8 Å².